The molecule has 2 aliphatic rings. The summed E-state index contributed by atoms with van der Waals surface area (Å²) >= 11 is 0. The highest BCUT2D eigenvalue weighted by Gasteiger charge is 2.34. The number of amides is 3. The van der Waals surface area contributed by atoms with Gasteiger partial charge in [-0.05, 0) is 57.5 Å². The van der Waals surface area contributed by atoms with Crippen LogP contribution >= 0.6 is 0 Å². The highest BCUT2D eigenvalue weighted by atomic mass is 16.7. The van der Waals surface area contributed by atoms with Gasteiger partial charge in [0.15, 0.2) is 11.5 Å². The Kier molecular flexibility index (Phi) is 5.08. The zero-order valence-corrected chi connectivity index (χ0v) is 18.3. The van der Waals surface area contributed by atoms with Crippen molar-refractivity contribution < 1.29 is 19.1 Å². The molecule has 1 atom stereocenters. The van der Waals surface area contributed by atoms with E-state index < -0.39 is 5.54 Å². The minimum Gasteiger partial charge on any atom is -0.454 e. The molecule has 0 spiro atoms. The Morgan fingerprint density at radius 1 is 1.10 bits per heavy atom. The number of hydrogen-bond donors (Lipinski definition) is 2. The Morgan fingerprint density at radius 3 is 2.35 bits per heavy atom. The molecule has 0 aliphatic carbocycles. The van der Waals surface area contributed by atoms with E-state index in [-0.39, 0.29) is 24.8 Å². The van der Waals surface area contributed by atoms with Crippen LogP contribution in [0.15, 0.2) is 41.5 Å². The Morgan fingerprint density at radius 2 is 1.74 bits per heavy atom. The van der Waals surface area contributed by atoms with Crippen molar-refractivity contribution in [2.24, 2.45) is 5.10 Å². The molecule has 0 aromatic heterocycles. The third-order valence-corrected chi connectivity index (χ3v) is 4.99. The highest BCUT2D eigenvalue weighted by Crippen LogP contribution is 2.41. The molecule has 162 valence electrons. The van der Waals surface area contributed by atoms with Crippen molar-refractivity contribution in [1.82, 2.24) is 10.3 Å². The van der Waals surface area contributed by atoms with Gasteiger partial charge in [-0.2, -0.15) is 5.10 Å². The van der Waals surface area contributed by atoms with Gasteiger partial charge in [0, 0.05) is 29.3 Å². The molecule has 0 saturated heterocycles. The van der Waals surface area contributed by atoms with Gasteiger partial charge in [-0.3, -0.25) is 4.79 Å². The number of nitrogens with zero attached hydrogens (tertiary/aromatic N) is 2. The smallest absolute Gasteiger partial charge is 0.338 e. The Balaban J connectivity index is 1.79. The summed E-state index contributed by atoms with van der Waals surface area (Å²) in [5.74, 6) is 1.17. The lowest BCUT2D eigenvalue weighted by Crippen LogP contribution is -2.48. The molecule has 4 rings (SSSR count). The summed E-state index contributed by atoms with van der Waals surface area (Å²) < 4.78 is 11.1. The van der Waals surface area contributed by atoms with E-state index in [1.54, 1.807) is 0 Å². The predicted molar refractivity (Wildman–Crippen MR) is 117 cm³/mol. The van der Waals surface area contributed by atoms with E-state index in [1.165, 1.54) is 11.9 Å². The topological polar surface area (TPSA) is 92.3 Å². The summed E-state index contributed by atoms with van der Waals surface area (Å²) in [6.45, 7) is 9.35. The molecule has 2 N–H and O–H groups in total. The van der Waals surface area contributed by atoms with E-state index in [4.69, 9.17) is 14.6 Å². The maximum absolute atomic E-state index is 13.0. The summed E-state index contributed by atoms with van der Waals surface area (Å²) in [6, 6.07) is 10.6. The third-order valence-electron chi connectivity index (χ3n) is 4.99. The lowest BCUT2D eigenvalue weighted by Gasteiger charge is -2.34. The Labute approximate surface area is 181 Å². The average Bonchev–Trinajstić information content (AvgIpc) is 3.13. The second kappa shape index (κ2) is 7.61. The maximum Gasteiger partial charge on any atom is 0.338 e. The molecule has 8 nitrogen and oxygen atoms in total. The molecule has 31 heavy (non-hydrogen) atoms. The zero-order chi connectivity index (χ0) is 22.3. The van der Waals surface area contributed by atoms with Crippen LogP contribution in [0.4, 0.5) is 10.5 Å². The number of urea groups is 1. The minimum atomic E-state index is -0.401. The predicted octanol–water partition coefficient (Wildman–Crippen LogP) is 4.01. The standard InChI is InChI=1S/C23H26N4O4/c1-13-17-10-19-20(31-12-30-19)11-18(17)21(26-27(13)22(29)25-23(3,4)5)15-6-8-16(9-7-15)24-14(2)28/h6-11,13H,12H2,1-5H3,(H,24,28)(H,25,29). The van der Waals surface area contributed by atoms with Crippen LogP contribution in [0.3, 0.4) is 0 Å². The maximum atomic E-state index is 13.0. The van der Waals surface area contributed by atoms with Crippen LogP contribution in [-0.2, 0) is 4.79 Å². The molecule has 0 bridgehead atoms. The largest absolute Gasteiger partial charge is 0.454 e. The van der Waals surface area contributed by atoms with Gasteiger partial charge in [0.25, 0.3) is 0 Å². The average molecular weight is 422 g/mol. The molecule has 2 aromatic rings. The van der Waals surface area contributed by atoms with Crippen molar-refractivity contribution >= 4 is 23.3 Å². The first-order valence-electron chi connectivity index (χ1n) is 10.1. The molecule has 3 amide bonds. The monoisotopic (exact) mass is 422 g/mol. The molecule has 1 unspecified atom stereocenters. The first-order valence-corrected chi connectivity index (χ1v) is 10.1. The number of carbonyl (C=O) groups is 2. The number of anilines is 1. The Bertz CT molecular complexity index is 1070. The van der Waals surface area contributed by atoms with Crippen molar-refractivity contribution in [3.8, 4) is 11.5 Å². The van der Waals surface area contributed by atoms with E-state index in [1.807, 2.05) is 64.1 Å². The number of carbonyl (C=O) groups excluding carboxylic acids is 2. The van der Waals surface area contributed by atoms with Crippen LogP contribution in [0.25, 0.3) is 0 Å². The van der Waals surface area contributed by atoms with Gasteiger partial charge in [-0.1, -0.05) is 12.1 Å². The number of hydrazone groups is 1. The van der Waals surface area contributed by atoms with Crippen LogP contribution in [0.5, 0.6) is 11.5 Å². The molecule has 2 aromatic carbocycles. The summed E-state index contributed by atoms with van der Waals surface area (Å²) in [5, 5.41) is 11.9. The fourth-order valence-corrected chi connectivity index (χ4v) is 3.62. The van der Waals surface area contributed by atoms with Gasteiger partial charge in [0.05, 0.1) is 11.8 Å². The van der Waals surface area contributed by atoms with Crippen molar-refractivity contribution in [3.63, 3.8) is 0 Å². The fraction of sp³-hybridized carbons (Fsp3) is 0.348. The molecular formula is C23H26N4O4. The highest BCUT2D eigenvalue weighted by molar-refractivity contribution is 6.15. The van der Waals surface area contributed by atoms with Crippen molar-refractivity contribution in [1.29, 1.82) is 0 Å². The van der Waals surface area contributed by atoms with Gasteiger partial charge in [0.2, 0.25) is 12.7 Å². The van der Waals surface area contributed by atoms with Crippen LogP contribution in [0.1, 0.15) is 57.4 Å². The van der Waals surface area contributed by atoms with E-state index in [0.29, 0.717) is 22.9 Å². The number of benzene rings is 2. The van der Waals surface area contributed by atoms with Gasteiger partial charge < -0.3 is 20.1 Å². The van der Waals surface area contributed by atoms with Gasteiger partial charge in [-0.25, -0.2) is 9.80 Å². The molecular weight excluding hydrogens is 396 g/mol. The van der Waals surface area contributed by atoms with E-state index in [2.05, 4.69) is 10.6 Å². The number of ether oxygens (including phenoxy) is 2. The first-order chi connectivity index (χ1) is 14.6. The second-order valence-electron chi connectivity index (χ2n) is 8.70. The van der Waals surface area contributed by atoms with Crippen LogP contribution in [0, 0.1) is 0 Å². The summed E-state index contributed by atoms with van der Waals surface area (Å²) in [5.41, 5.74) is 3.55. The van der Waals surface area contributed by atoms with Gasteiger partial charge in [0.1, 0.15) is 0 Å². The lowest BCUT2D eigenvalue weighted by atomic mass is 9.91. The molecule has 8 heteroatoms. The number of nitrogens with one attached hydrogen (secondary N) is 2. The van der Waals surface area contributed by atoms with Crippen molar-refractivity contribution in [2.45, 2.75) is 46.2 Å². The quantitative estimate of drug-likeness (QED) is 0.765. The van der Waals surface area contributed by atoms with Crippen LogP contribution in [0.2, 0.25) is 0 Å². The van der Waals surface area contributed by atoms with Crippen molar-refractivity contribution in [3.05, 3.63) is 53.1 Å². The van der Waals surface area contributed by atoms with E-state index in [0.717, 1.165) is 16.7 Å². The van der Waals surface area contributed by atoms with E-state index in [9.17, 15) is 9.59 Å². The molecule has 0 saturated carbocycles. The summed E-state index contributed by atoms with van der Waals surface area (Å²) in [6.07, 6.45) is 0. The number of hydrogen-bond acceptors (Lipinski definition) is 5. The zero-order valence-electron chi connectivity index (χ0n) is 18.3. The van der Waals surface area contributed by atoms with Gasteiger partial charge >= 0.3 is 6.03 Å². The van der Waals surface area contributed by atoms with Crippen molar-refractivity contribution in [2.75, 3.05) is 12.1 Å². The third kappa shape index (κ3) is 4.19. The lowest BCUT2D eigenvalue weighted by molar-refractivity contribution is -0.114. The molecule has 2 heterocycles. The van der Waals surface area contributed by atoms with E-state index >= 15 is 0 Å². The second-order valence-corrected chi connectivity index (χ2v) is 8.70. The summed E-state index contributed by atoms with van der Waals surface area (Å²) in [4.78, 5) is 24.4. The van der Waals surface area contributed by atoms with Crippen LogP contribution in [-0.4, -0.2) is 35.0 Å². The number of rotatable bonds is 2. The minimum absolute atomic E-state index is 0.139. The summed E-state index contributed by atoms with van der Waals surface area (Å²) in [7, 11) is 0. The molecule has 2 aliphatic heterocycles. The number of fused-ring (bicyclic) bond motifs is 2. The fourth-order valence-electron chi connectivity index (χ4n) is 3.62. The Hall–Kier alpha value is -3.55. The molecule has 0 fully saturated rings. The van der Waals surface area contributed by atoms with Crippen LogP contribution < -0.4 is 20.1 Å². The first kappa shape index (κ1) is 20.7. The van der Waals surface area contributed by atoms with Gasteiger partial charge in [-0.15, -0.1) is 0 Å². The molecule has 0 radical (unpaired) electrons. The normalized spacial score (nSPS) is 17.0. The SMILES string of the molecule is CC(=O)Nc1ccc(C2=NN(C(=O)NC(C)(C)C)C(C)c3cc4c(cc32)OCO4)cc1.